The fourth-order valence-electron chi connectivity index (χ4n) is 0.575. The first-order valence-electron chi connectivity index (χ1n) is 3.29. The van der Waals surface area contributed by atoms with Gasteiger partial charge in [0.2, 0.25) is 6.10 Å². The van der Waals surface area contributed by atoms with Gasteiger partial charge in [-0.2, -0.15) is 26.3 Å². The van der Waals surface area contributed by atoms with Crippen molar-refractivity contribution in [3.8, 4) is 0 Å². The van der Waals surface area contributed by atoms with E-state index in [1.807, 2.05) is 0 Å². The Hall–Kier alpha value is -0.790. The van der Waals surface area contributed by atoms with E-state index < -0.39 is 30.8 Å². The van der Waals surface area contributed by atoms with Gasteiger partial charge in [-0.3, -0.25) is 4.79 Å². The summed E-state index contributed by atoms with van der Waals surface area (Å²) in [6.45, 7) is -0.395. The van der Waals surface area contributed by atoms with Gasteiger partial charge in [-0.15, -0.1) is 0 Å². The number of hydrogen-bond donors (Lipinski definition) is 0. The van der Waals surface area contributed by atoms with Gasteiger partial charge >= 0.3 is 12.4 Å². The van der Waals surface area contributed by atoms with Crippen LogP contribution in [0.25, 0.3) is 0 Å². The van der Waals surface area contributed by atoms with E-state index in [1.165, 1.54) is 0 Å². The lowest BCUT2D eigenvalue weighted by Crippen LogP contribution is -2.45. The molecule has 14 heavy (non-hydrogen) atoms. The van der Waals surface area contributed by atoms with E-state index in [4.69, 9.17) is 0 Å². The summed E-state index contributed by atoms with van der Waals surface area (Å²) >= 11 is 0. The molecule has 0 saturated heterocycles. The second kappa shape index (κ2) is 4.16. The Labute approximate surface area is 74.8 Å². The van der Waals surface area contributed by atoms with E-state index in [-0.39, 0.29) is 0 Å². The highest BCUT2D eigenvalue weighted by atomic mass is 19.4. The molecule has 0 fully saturated rings. The third kappa shape index (κ3) is 4.45. The molecular formula is C6H6F6O2. The summed E-state index contributed by atoms with van der Waals surface area (Å²) < 4.78 is 73.7. The molecule has 8 heteroatoms. The average Bonchev–Trinajstić information content (AvgIpc) is 1.78. The van der Waals surface area contributed by atoms with Crippen LogP contribution in [-0.2, 0) is 9.53 Å². The van der Waals surface area contributed by atoms with Crippen LogP contribution in [0.5, 0.6) is 0 Å². The van der Waals surface area contributed by atoms with Crippen molar-refractivity contribution in [3.05, 3.63) is 0 Å². The smallest absolute Gasteiger partial charge is 0.353 e. The summed E-state index contributed by atoms with van der Waals surface area (Å²) in [5, 5.41) is 0. The first-order valence-corrected chi connectivity index (χ1v) is 3.29. The lowest BCUT2D eigenvalue weighted by molar-refractivity contribution is -0.319. The molecule has 0 bridgehead atoms. The van der Waals surface area contributed by atoms with Crippen LogP contribution in [0, 0.1) is 0 Å². The van der Waals surface area contributed by atoms with Crippen molar-refractivity contribution < 1.29 is 35.9 Å². The second-order valence-electron chi connectivity index (χ2n) is 2.48. The normalized spacial score (nSPS) is 13.4. The monoisotopic (exact) mass is 224 g/mol. The minimum atomic E-state index is -5.56. The summed E-state index contributed by atoms with van der Waals surface area (Å²) in [5.41, 5.74) is 0. The van der Waals surface area contributed by atoms with E-state index in [0.29, 0.717) is 0 Å². The van der Waals surface area contributed by atoms with Gasteiger partial charge in [0.1, 0.15) is 6.61 Å². The molecule has 0 heterocycles. The predicted octanol–water partition coefficient (Wildman–Crippen LogP) is 2.09. The van der Waals surface area contributed by atoms with Crippen molar-refractivity contribution in [1.82, 2.24) is 0 Å². The third-order valence-electron chi connectivity index (χ3n) is 1.05. The number of ketones is 1. The number of hydrogen-bond acceptors (Lipinski definition) is 2. The number of rotatable bonds is 3. The molecule has 0 aliphatic heterocycles. The standard InChI is InChI=1S/C6H6F6O2/c1-3(13)2-14-4(5(7,8)9)6(10,11)12/h4H,2H2,1H3. The maximum Gasteiger partial charge on any atom is 0.423 e. The summed E-state index contributed by atoms with van der Waals surface area (Å²) in [4.78, 5) is 10.1. The first-order chi connectivity index (χ1) is 6.05. The van der Waals surface area contributed by atoms with E-state index in [9.17, 15) is 31.1 Å². The van der Waals surface area contributed by atoms with Crippen molar-refractivity contribution in [3.63, 3.8) is 0 Å². The first kappa shape index (κ1) is 13.2. The van der Waals surface area contributed by atoms with Crippen LogP contribution in [0.15, 0.2) is 0 Å². The quantitative estimate of drug-likeness (QED) is 0.686. The highest BCUT2D eigenvalue weighted by Gasteiger charge is 2.58. The molecule has 0 aromatic rings. The Kier molecular flexibility index (Phi) is 3.92. The molecule has 0 spiro atoms. The molecule has 0 rings (SSSR count). The zero-order valence-electron chi connectivity index (χ0n) is 6.87. The zero-order valence-corrected chi connectivity index (χ0v) is 6.87. The third-order valence-corrected chi connectivity index (χ3v) is 1.05. The molecule has 0 amide bonds. The highest BCUT2D eigenvalue weighted by Crippen LogP contribution is 2.35. The zero-order chi connectivity index (χ0) is 11.6. The summed E-state index contributed by atoms with van der Waals surface area (Å²) in [7, 11) is 0. The van der Waals surface area contributed by atoms with Gasteiger partial charge in [0.25, 0.3) is 0 Å². The fraction of sp³-hybridized carbons (Fsp3) is 0.833. The minimum absolute atomic E-state index is 0.823. The molecule has 0 aliphatic carbocycles. The Morgan fingerprint density at radius 2 is 1.50 bits per heavy atom. The van der Waals surface area contributed by atoms with E-state index >= 15 is 0 Å². The van der Waals surface area contributed by atoms with Crippen molar-refractivity contribution in [2.45, 2.75) is 25.4 Å². The number of carbonyl (C=O) groups is 1. The maximum absolute atomic E-state index is 11.7. The Morgan fingerprint density at radius 3 is 1.71 bits per heavy atom. The molecule has 0 N–H and O–H groups in total. The van der Waals surface area contributed by atoms with Crippen molar-refractivity contribution in [1.29, 1.82) is 0 Å². The summed E-state index contributed by atoms with van der Waals surface area (Å²) in [6.07, 6.45) is -15.0. The molecule has 0 aromatic heterocycles. The lowest BCUT2D eigenvalue weighted by Gasteiger charge is -2.22. The van der Waals surface area contributed by atoms with Crippen LogP contribution in [-0.4, -0.2) is 30.8 Å². The van der Waals surface area contributed by atoms with E-state index in [0.717, 1.165) is 6.92 Å². The van der Waals surface area contributed by atoms with Gasteiger partial charge in [0.15, 0.2) is 5.78 Å². The number of Topliss-reactive ketones (excluding diaryl/α,β-unsaturated/α-hetero) is 1. The second-order valence-corrected chi connectivity index (χ2v) is 2.48. The average molecular weight is 224 g/mol. The summed E-state index contributed by atoms with van der Waals surface area (Å²) in [5.74, 6) is -0.913. The Bertz CT molecular complexity index is 191. The predicted molar refractivity (Wildman–Crippen MR) is 32.5 cm³/mol. The fourth-order valence-corrected chi connectivity index (χ4v) is 0.575. The number of ether oxygens (including phenoxy) is 1. The van der Waals surface area contributed by atoms with Crippen LogP contribution in [0.2, 0.25) is 0 Å². The van der Waals surface area contributed by atoms with Gasteiger partial charge in [0, 0.05) is 0 Å². The summed E-state index contributed by atoms with van der Waals surface area (Å²) in [6, 6.07) is 0. The molecule has 84 valence electrons. The van der Waals surface area contributed by atoms with Crippen molar-refractivity contribution in [2.24, 2.45) is 0 Å². The topological polar surface area (TPSA) is 26.3 Å². The SMILES string of the molecule is CC(=O)COC(C(F)(F)F)C(F)(F)F. The van der Waals surface area contributed by atoms with Crippen LogP contribution < -0.4 is 0 Å². The van der Waals surface area contributed by atoms with Crippen molar-refractivity contribution in [2.75, 3.05) is 6.61 Å². The van der Waals surface area contributed by atoms with Crippen LogP contribution in [0.1, 0.15) is 6.92 Å². The Balaban J connectivity index is 4.51. The minimum Gasteiger partial charge on any atom is -0.353 e. The molecule has 0 atom stereocenters. The van der Waals surface area contributed by atoms with Gasteiger partial charge in [-0.05, 0) is 6.92 Å². The molecule has 0 saturated carbocycles. The van der Waals surface area contributed by atoms with E-state index in [2.05, 4.69) is 4.74 Å². The van der Waals surface area contributed by atoms with Gasteiger partial charge in [-0.1, -0.05) is 0 Å². The lowest BCUT2D eigenvalue weighted by atomic mass is 10.3. The van der Waals surface area contributed by atoms with Crippen molar-refractivity contribution >= 4 is 5.78 Å². The molecule has 0 aliphatic rings. The van der Waals surface area contributed by atoms with Gasteiger partial charge in [-0.25, -0.2) is 0 Å². The molecule has 0 aromatic carbocycles. The van der Waals surface area contributed by atoms with Crippen LogP contribution in [0.4, 0.5) is 26.3 Å². The Morgan fingerprint density at radius 1 is 1.14 bits per heavy atom. The van der Waals surface area contributed by atoms with Crippen LogP contribution >= 0.6 is 0 Å². The number of halogens is 6. The highest BCUT2D eigenvalue weighted by molar-refractivity contribution is 5.76. The largest absolute Gasteiger partial charge is 0.423 e. The number of carbonyl (C=O) groups excluding carboxylic acids is 1. The van der Waals surface area contributed by atoms with Gasteiger partial charge in [0.05, 0.1) is 0 Å². The maximum atomic E-state index is 11.7. The molecule has 0 radical (unpaired) electrons. The van der Waals surface area contributed by atoms with Gasteiger partial charge < -0.3 is 4.74 Å². The molecule has 0 unspecified atom stereocenters. The van der Waals surface area contributed by atoms with Crippen LogP contribution in [0.3, 0.4) is 0 Å². The molecular weight excluding hydrogens is 218 g/mol. The molecule has 2 nitrogen and oxygen atoms in total. The van der Waals surface area contributed by atoms with E-state index in [1.54, 1.807) is 0 Å². The number of alkyl halides is 6.